The van der Waals surface area contributed by atoms with E-state index in [1.807, 2.05) is 23.5 Å². The van der Waals surface area contributed by atoms with E-state index in [9.17, 15) is 9.90 Å². The van der Waals surface area contributed by atoms with Gasteiger partial charge in [-0.25, -0.2) is 0 Å². The smallest absolute Gasteiger partial charge is 0.302 e. The molecule has 218 valence electrons. The van der Waals surface area contributed by atoms with E-state index in [-0.39, 0.29) is 77.7 Å². The molecule has 1 N–H and O–H groups in total. The lowest BCUT2D eigenvalue weighted by Crippen LogP contribution is -2.55. The summed E-state index contributed by atoms with van der Waals surface area (Å²) < 4.78 is 38.6. The van der Waals surface area contributed by atoms with Gasteiger partial charge in [-0.1, -0.05) is 13.8 Å². The summed E-state index contributed by atoms with van der Waals surface area (Å²) in [7, 11) is 0. The Kier molecular flexibility index (Phi) is 10.3. The van der Waals surface area contributed by atoms with Crippen molar-refractivity contribution in [1.82, 2.24) is 0 Å². The first kappa shape index (κ1) is 29.4. The maximum atomic E-state index is 12.0. The Labute approximate surface area is 235 Å². The summed E-state index contributed by atoms with van der Waals surface area (Å²) in [5, 5.41) is 10.3. The molecule has 38 heavy (non-hydrogen) atoms. The van der Waals surface area contributed by atoms with Gasteiger partial charge in [0.05, 0.1) is 59.5 Å². The lowest BCUT2D eigenvalue weighted by atomic mass is 9.91. The Bertz CT molecular complexity index is 780. The van der Waals surface area contributed by atoms with Crippen molar-refractivity contribution >= 4 is 29.5 Å². The van der Waals surface area contributed by atoms with Gasteiger partial charge in [0.1, 0.15) is 12.2 Å². The minimum Gasteiger partial charge on any atom is -0.462 e. The molecule has 0 radical (unpaired) electrons. The van der Waals surface area contributed by atoms with Crippen molar-refractivity contribution in [3.05, 3.63) is 0 Å². The van der Waals surface area contributed by atoms with Gasteiger partial charge < -0.3 is 33.5 Å². The predicted molar refractivity (Wildman–Crippen MR) is 148 cm³/mol. The summed E-state index contributed by atoms with van der Waals surface area (Å²) in [4.78, 5) is 12.0. The molecular formula is C28H46O8S2. The molecule has 0 aliphatic carbocycles. The highest BCUT2D eigenvalue weighted by Gasteiger charge is 2.52. The molecule has 5 aliphatic heterocycles. The lowest BCUT2D eigenvalue weighted by molar-refractivity contribution is -0.232. The number of rotatable bonds is 6. The fourth-order valence-electron chi connectivity index (χ4n) is 7.11. The van der Waals surface area contributed by atoms with Crippen LogP contribution in [0.5, 0.6) is 0 Å². The van der Waals surface area contributed by atoms with E-state index in [4.69, 9.17) is 28.4 Å². The maximum Gasteiger partial charge on any atom is 0.302 e. The standard InChI is InChI=1S/C28H46O8S2/c1-4-37-28(38-5-2)15-26-22(36-27(28)16-29)11-10-21-24(35-26)13-18(32-17(3)30)8-9-20-25(34-21)14-23-19(33-20)7-6-12-31-23/h18-27,29H,4-16H2,1-3H3/t18-,19-,20+,21+,22-,23+,24-,25-,26+,27+/m0/s1. The van der Waals surface area contributed by atoms with Gasteiger partial charge in [-0.2, -0.15) is 0 Å². The van der Waals surface area contributed by atoms with E-state index < -0.39 is 0 Å². The molecule has 10 heteroatoms. The number of fused-ring (bicyclic) bond motifs is 4. The van der Waals surface area contributed by atoms with Gasteiger partial charge in [-0.05, 0) is 50.0 Å². The molecule has 0 bridgehead atoms. The summed E-state index contributed by atoms with van der Waals surface area (Å²) in [6.45, 7) is 6.59. The van der Waals surface area contributed by atoms with Gasteiger partial charge in [0.15, 0.2) is 0 Å². The van der Waals surface area contributed by atoms with Gasteiger partial charge >= 0.3 is 5.97 Å². The first-order valence-electron chi connectivity index (χ1n) is 14.7. The van der Waals surface area contributed by atoms with Crippen LogP contribution >= 0.6 is 23.5 Å². The van der Waals surface area contributed by atoms with Crippen LogP contribution in [0.3, 0.4) is 0 Å². The van der Waals surface area contributed by atoms with Gasteiger partial charge in [0.25, 0.3) is 0 Å². The molecule has 0 saturated carbocycles. The zero-order chi connectivity index (χ0) is 26.7. The topological polar surface area (TPSA) is 92.7 Å². The number of carbonyl (C=O) groups is 1. The molecule has 0 aromatic carbocycles. The summed E-state index contributed by atoms with van der Waals surface area (Å²) in [6.07, 6.45) is 6.51. The fraction of sp³-hybridized carbons (Fsp3) is 0.964. The average Bonchev–Trinajstić information content (AvgIpc) is 3.00. The molecule has 8 nitrogen and oxygen atoms in total. The zero-order valence-electron chi connectivity index (χ0n) is 23.1. The van der Waals surface area contributed by atoms with Gasteiger partial charge in [-0.15, -0.1) is 23.5 Å². The van der Waals surface area contributed by atoms with Crippen molar-refractivity contribution in [2.24, 2.45) is 0 Å². The van der Waals surface area contributed by atoms with Crippen LogP contribution in [0, 0.1) is 0 Å². The third kappa shape index (κ3) is 6.53. The second-order valence-electron chi connectivity index (χ2n) is 11.3. The third-order valence-corrected chi connectivity index (χ3v) is 11.9. The highest BCUT2D eigenvalue weighted by Crippen LogP contribution is 2.51. The van der Waals surface area contributed by atoms with Crippen LogP contribution in [0.2, 0.25) is 0 Å². The minimum absolute atomic E-state index is 0.00471. The van der Waals surface area contributed by atoms with Crippen molar-refractivity contribution in [1.29, 1.82) is 0 Å². The lowest BCUT2D eigenvalue weighted by Gasteiger charge is -2.48. The highest BCUT2D eigenvalue weighted by atomic mass is 32.2. The van der Waals surface area contributed by atoms with Crippen molar-refractivity contribution in [3.8, 4) is 0 Å². The Hall–Kier alpha value is -0.0700. The molecule has 5 fully saturated rings. The van der Waals surface area contributed by atoms with Crippen LogP contribution in [0.25, 0.3) is 0 Å². The number of aliphatic hydroxyl groups excluding tert-OH is 1. The van der Waals surface area contributed by atoms with E-state index >= 15 is 0 Å². The molecule has 5 saturated heterocycles. The number of hydrogen-bond acceptors (Lipinski definition) is 10. The second-order valence-corrected chi connectivity index (χ2v) is 14.7. The van der Waals surface area contributed by atoms with E-state index in [2.05, 4.69) is 13.8 Å². The quantitative estimate of drug-likeness (QED) is 0.369. The van der Waals surface area contributed by atoms with Crippen LogP contribution in [0.1, 0.15) is 78.6 Å². The molecule has 10 atom stereocenters. The Balaban J connectivity index is 1.38. The second kappa shape index (κ2) is 13.3. The maximum absolute atomic E-state index is 12.0. The molecule has 0 aromatic heterocycles. The number of carbonyl (C=O) groups excluding carboxylic acids is 1. The number of ether oxygens (including phenoxy) is 6. The summed E-state index contributed by atoms with van der Waals surface area (Å²) >= 11 is 3.72. The summed E-state index contributed by atoms with van der Waals surface area (Å²) in [5.41, 5.74) is 0. The summed E-state index contributed by atoms with van der Waals surface area (Å²) in [5.74, 6) is 1.63. The van der Waals surface area contributed by atoms with E-state index in [1.165, 1.54) is 6.92 Å². The first-order chi connectivity index (χ1) is 18.4. The Morgan fingerprint density at radius 1 is 0.816 bits per heavy atom. The number of thioether (sulfide) groups is 2. The molecule has 0 unspecified atom stereocenters. The predicted octanol–water partition coefficient (Wildman–Crippen LogP) is 4.09. The molecule has 5 aliphatic rings. The van der Waals surface area contributed by atoms with E-state index in [1.54, 1.807) is 0 Å². The normalized spacial score (nSPS) is 43.1. The number of hydrogen-bond donors (Lipinski definition) is 1. The molecular weight excluding hydrogens is 528 g/mol. The van der Waals surface area contributed by atoms with Crippen LogP contribution in [-0.2, 0) is 33.2 Å². The van der Waals surface area contributed by atoms with Crippen LogP contribution in [0.4, 0.5) is 0 Å². The van der Waals surface area contributed by atoms with Crippen molar-refractivity contribution in [2.75, 3.05) is 24.7 Å². The van der Waals surface area contributed by atoms with Crippen molar-refractivity contribution in [3.63, 3.8) is 0 Å². The Morgan fingerprint density at radius 2 is 1.42 bits per heavy atom. The highest BCUT2D eigenvalue weighted by molar-refractivity contribution is 8.18. The number of aliphatic hydroxyl groups is 1. The molecule has 0 spiro atoms. The van der Waals surface area contributed by atoms with Crippen LogP contribution in [0.15, 0.2) is 0 Å². The largest absolute Gasteiger partial charge is 0.462 e. The van der Waals surface area contributed by atoms with Gasteiger partial charge in [0, 0.05) is 32.8 Å². The third-order valence-electron chi connectivity index (χ3n) is 8.73. The summed E-state index contributed by atoms with van der Waals surface area (Å²) in [6, 6.07) is 0. The minimum atomic E-state index is -0.260. The van der Waals surface area contributed by atoms with Crippen LogP contribution in [-0.4, -0.2) is 101 Å². The fourth-order valence-corrected chi connectivity index (χ4v) is 10.3. The molecule has 5 rings (SSSR count). The van der Waals surface area contributed by atoms with E-state index in [0.717, 1.165) is 69.5 Å². The monoisotopic (exact) mass is 574 g/mol. The first-order valence-corrected chi connectivity index (χ1v) is 16.7. The van der Waals surface area contributed by atoms with Gasteiger partial charge in [0.2, 0.25) is 0 Å². The Morgan fingerprint density at radius 3 is 2.11 bits per heavy atom. The molecule has 0 aromatic rings. The van der Waals surface area contributed by atoms with Crippen LogP contribution < -0.4 is 0 Å². The van der Waals surface area contributed by atoms with Crippen molar-refractivity contribution in [2.45, 2.75) is 144 Å². The number of esters is 1. The van der Waals surface area contributed by atoms with Crippen molar-refractivity contribution < 1.29 is 38.3 Å². The molecule has 0 amide bonds. The average molecular weight is 575 g/mol. The van der Waals surface area contributed by atoms with Gasteiger partial charge in [-0.3, -0.25) is 4.79 Å². The SMILES string of the molecule is CCSC1(SCC)C[C@H]2O[C@H]3C[C@@H](OC(C)=O)CC[C@H]4O[C@H]5CCCO[C@@H]5C[C@@H]4O[C@@H]3CC[C@@H]2O[C@@H]1CO. The zero-order valence-corrected chi connectivity index (χ0v) is 24.7. The molecule has 5 heterocycles. The van der Waals surface area contributed by atoms with E-state index in [0.29, 0.717) is 6.42 Å².